The van der Waals surface area contributed by atoms with Crippen LogP contribution < -0.4 is 5.32 Å². The molecule has 1 aromatic heterocycles. The van der Waals surface area contributed by atoms with Crippen molar-refractivity contribution in [2.24, 2.45) is 0 Å². The van der Waals surface area contributed by atoms with Gasteiger partial charge in [-0.1, -0.05) is 29.8 Å². The van der Waals surface area contributed by atoms with E-state index in [0.29, 0.717) is 11.5 Å². The van der Waals surface area contributed by atoms with E-state index in [1.165, 1.54) is 17.5 Å². The Morgan fingerprint density at radius 3 is 2.94 bits per heavy atom. The van der Waals surface area contributed by atoms with Crippen molar-refractivity contribution < 1.29 is 0 Å². The number of anilines is 1. The zero-order valence-electron chi connectivity index (χ0n) is 10.2. The topological polar surface area (TPSA) is 61.6 Å². The van der Waals surface area contributed by atoms with E-state index in [0.717, 1.165) is 13.0 Å². The smallest absolute Gasteiger partial charge is 0.145 e. The summed E-state index contributed by atoms with van der Waals surface area (Å²) in [6, 6.07) is 12.1. The van der Waals surface area contributed by atoms with E-state index < -0.39 is 0 Å². The summed E-state index contributed by atoms with van der Waals surface area (Å²) >= 11 is 0. The van der Waals surface area contributed by atoms with Gasteiger partial charge in [0.2, 0.25) is 0 Å². The van der Waals surface area contributed by atoms with E-state index in [2.05, 4.69) is 46.5 Å². The molecule has 1 N–H and O–H groups in total. The van der Waals surface area contributed by atoms with Crippen LogP contribution in [0, 0.1) is 18.3 Å². The van der Waals surface area contributed by atoms with Gasteiger partial charge in [0.05, 0.1) is 0 Å². The molecule has 2 aromatic rings. The molecule has 1 aromatic carbocycles. The van der Waals surface area contributed by atoms with Crippen molar-refractivity contribution in [1.82, 2.24) is 9.97 Å². The van der Waals surface area contributed by atoms with Crippen LogP contribution in [0.1, 0.15) is 16.8 Å². The van der Waals surface area contributed by atoms with Crippen LogP contribution in [0.4, 0.5) is 5.82 Å². The predicted octanol–water partition coefficient (Wildman–Crippen LogP) is 2.31. The number of nitrogens with one attached hydrogen (secondary N) is 1. The molecule has 2 rings (SSSR count). The minimum atomic E-state index is 0.378. The standard InChI is InChI=1S/C14H14N4/c1-11-3-2-4-12(7-11)5-6-16-14-8-13(9-15)17-10-18-14/h2-4,7-8,10H,5-6H2,1H3,(H,16,17,18). The average molecular weight is 238 g/mol. The van der Waals surface area contributed by atoms with Gasteiger partial charge in [-0.3, -0.25) is 0 Å². The number of hydrogen-bond acceptors (Lipinski definition) is 4. The molecule has 4 nitrogen and oxygen atoms in total. The molecule has 90 valence electrons. The highest BCUT2D eigenvalue weighted by atomic mass is 15.0. The molecule has 0 aliphatic carbocycles. The summed E-state index contributed by atoms with van der Waals surface area (Å²) in [5.74, 6) is 0.689. The van der Waals surface area contributed by atoms with Crippen LogP contribution in [0.2, 0.25) is 0 Å². The van der Waals surface area contributed by atoms with Crippen molar-refractivity contribution in [3.8, 4) is 6.07 Å². The Morgan fingerprint density at radius 1 is 1.28 bits per heavy atom. The van der Waals surface area contributed by atoms with Crippen LogP contribution >= 0.6 is 0 Å². The van der Waals surface area contributed by atoms with Crippen molar-refractivity contribution in [2.75, 3.05) is 11.9 Å². The van der Waals surface area contributed by atoms with Crippen LogP contribution in [0.3, 0.4) is 0 Å². The van der Waals surface area contributed by atoms with Gasteiger partial charge in [0.15, 0.2) is 0 Å². The Kier molecular flexibility index (Phi) is 3.87. The molecule has 0 bridgehead atoms. The zero-order chi connectivity index (χ0) is 12.8. The summed E-state index contributed by atoms with van der Waals surface area (Å²) in [7, 11) is 0. The summed E-state index contributed by atoms with van der Waals surface area (Å²) in [5.41, 5.74) is 2.93. The summed E-state index contributed by atoms with van der Waals surface area (Å²) in [6.07, 6.45) is 2.32. The molecule has 0 atom stereocenters. The number of hydrogen-bond donors (Lipinski definition) is 1. The average Bonchev–Trinajstić information content (AvgIpc) is 2.39. The first kappa shape index (κ1) is 12.1. The van der Waals surface area contributed by atoms with Gasteiger partial charge in [-0.2, -0.15) is 5.26 Å². The van der Waals surface area contributed by atoms with Gasteiger partial charge < -0.3 is 5.32 Å². The molecule has 18 heavy (non-hydrogen) atoms. The first-order valence-corrected chi connectivity index (χ1v) is 5.79. The zero-order valence-corrected chi connectivity index (χ0v) is 10.2. The van der Waals surface area contributed by atoms with Crippen molar-refractivity contribution in [2.45, 2.75) is 13.3 Å². The van der Waals surface area contributed by atoms with E-state index in [9.17, 15) is 0 Å². The summed E-state index contributed by atoms with van der Waals surface area (Å²) < 4.78 is 0. The molecule has 4 heteroatoms. The third kappa shape index (κ3) is 3.29. The highest BCUT2D eigenvalue weighted by Crippen LogP contribution is 2.06. The molecular formula is C14H14N4. The minimum absolute atomic E-state index is 0.378. The quantitative estimate of drug-likeness (QED) is 0.887. The van der Waals surface area contributed by atoms with Crippen LogP contribution in [-0.4, -0.2) is 16.5 Å². The van der Waals surface area contributed by atoms with Crippen molar-refractivity contribution in [1.29, 1.82) is 5.26 Å². The fourth-order valence-electron chi connectivity index (χ4n) is 1.72. The van der Waals surface area contributed by atoms with Crippen LogP contribution in [0.15, 0.2) is 36.7 Å². The number of nitrogens with zero attached hydrogens (tertiary/aromatic N) is 3. The molecule has 0 radical (unpaired) electrons. The fraction of sp³-hybridized carbons (Fsp3) is 0.214. The van der Waals surface area contributed by atoms with E-state index >= 15 is 0 Å². The largest absolute Gasteiger partial charge is 0.370 e. The molecule has 0 amide bonds. The van der Waals surface area contributed by atoms with Crippen molar-refractivity contribution in [3.05, 3.63) is 53.5 Å². The molecule has 0 saturated carbocycles. The Morgan fingerprint density at radius 2 is 2.17 bits per heavy atom. The predicted molar refractivity (Wildman–Crippen MR) is 70.1 cm³/mol. The minimum Gasteiger partial charge on any atom is -0.370 e. The van der Waals surface area contributed by atoms with E-state index in [1.807, 2.05) is 6.07 Å². The van der Waals surface area contributed by atoms with E-state index in [1.54, 1.807) is 6.07 Å². The third-order valence-electron chi connectivity index (χ3n) is 2.58. The van der Waals surface area contributed by atoms with E-state index in [-0.39, 0.29) is 0 Å². The fourth-order valence-corrected chi connectivity index (χ4v) is 1.72. The van der Waals surface area contributed by atoms with Crippen LogP contribution in [0.25, 0.3) is 0 Å². The number of rotatable bonds is 4. The molecule has 0 spiro atoms. The summed E-state index contributed by atoms with van der Waals surface area (Å²) in [5, 5.41) is 11.9. The lowest BCUT2D eigenvalue weighted by Gasteiger charge is -2.06. The van der Waals surface area contributed by atoms with Gasteiger partial charge in [-0.25, -0.2) is 9.97 Å². The highest BCUT2D eigenvalue weighted by Gasteiger charge is 1.98. The lowest BCUT2D eigenvalue weighted by Crippen LogP contribution is -2.06. The maximum Gasteiger partial charge on any atom is 0.145 e. The molecule has 1 heterocycles. The maximum atomic E-state index is 8.73. The van der Waals surface area contributed by atoms with Gasteiger partial charge in [0.1, 0.15) is 23.9 Å². The van der Waals surface area contributed by atoms with Gasteiger partial charge in [0, 0.05) is 12.6 Å². The van der Waals surface area contributed by atoms with E-state index in [4.69, 9.17) is 5.26 Å². The van der Waals surface area contributed by atoms with Crippen molar-refractivity contribution >= 4 is 5.82 Å². The Balaban J connectivity index is 1.90. The first-order valence-electron chi connectivity index (χ1n) is 5.79. The maximum absolute atomic E-state index is 8.73. The molecule has 0 saturated heterocycles. The van der Waals surface area contributed by atoms with Gasteiger partial charge in [-0.15, -0.1) is 0 Å². The highest BCUT2D eigenvalue weighted by molar-refractivity contribution is 5.38. The third-order valence-corrected chi connectivity index (χ3v) is 2.58. The normalized spacial score (nSPS) is 9.78. The molecular weight excluding hydrogens is 224 g/mol. The Hall–Kier alpha value is -2.41. The second kappa shape index (κ2) is 5.78. The number of aromatic nitrogens is 2. The molecule has 0 unspecified atom stereocenters. The van der Waals surface area contributed by atoms with Gasteiger partial charge in [-0.05, 0) is 18.9 Å². The Bertz CT molecular complexity index is 572. The monoisotopic (exact) mass is 238 g/mol. The van der Waals surface area contributed by atoms with Gasteiger partial charge in [0.25, 0.3) is 0 Å². The summed E-state index contributed by atoms with van der Waals surface area (Å²) in [4.78, 5) is 7.89. The van der Waals surface area contributed by atoms with Crippen molar-refractivity contribution in [3.63, 3.8) is 0 Å². The number of nitriles is 1. The lowest BCUT2D eigenvalue weighted by atomic mass is 10.1. The van der Waals surface area contributed by atoms with Gasteiger partial charge >= 0.3 is 0 Å². The molecule has 0 fully saturated rings. The number of aryl methyl sites for hydroxylation is 1. The molecule has 0 aliphatic rings. The molecule has 0 aliphatic heterocycles. The van der Waals surface area contributed by atoms with Crippen LogP contribution in [0.5, 0.6) is 0 Å². The Labute approximate surface area is 106 Å². The lowest BCUT2D eigenvalue weighted by molar-refractivity contribution is 0.995. The number of benzene rings is 1. The second-order valence-electron chi connectivity index (χ2n) is 4.07. The summed E-state index contributed by atoms with van der Waals surface area (Å²) in [6.45, 7) is 2.87. The first-order chi connectivity index (χ1) is 8.78. The van der Waals surface area contributed by atoms with Crippen LogP contribution in [-0.2, 0) is 6.42 Å². The second-order valence-corrected chi connectivity index (χ2v) is 4.07. The SMILES string of the molecule is Cc1cccc(CCNc2cc(C#N)ncn2)c1.